The average Bonchev–Trinajstić information content (AvgIpc) is 2.99. The van der Waals surface area contributed by atoms with Crippen molar-refractivity contribution in [3.63, 3.8) is 0 Å². The Morgan fingerprint density at radius 3 is 2.57 bits per heavy atom. The largest absolute Gasteiger partial charge is 0.462 e. The normalized spacial score (nSPS) is 22.4. The van der Waals surface area contributed by atoms with Crippen LogP contribution < -0.4 is 0 Å². The number of ether oxygens (including phenoxy) is 1. The molecule has 30 heavy (non-hydrogen) atoms. The molecule has 0 saturated carbocycles. The molecule has 0 bridgehead atoms. The lowest BCUT2D eigenvalue weighted by Crippen LogP contribution is -2.37. The van der Waals surface area contributed by atoms with Crippen LogP contribution >= 0.6 is 22.6 Å². The lowest BCUT2D eigenvalue weighted by atomic mass is 9.77. The van der Waals surface area contributed by atoms with Gasteiger partial charge in [-0.3, -0.25) is 0 Å². The Balaban J connectivity index is 2.36. The van der Waals surface area contributed by atoms with E-state index in [1.54, 1.807) is 19.1 Å². The van der Waals surface area contributed by atoms with Gasteiger partial charge in [0.05, 0.1) is 11.5 Å². The van der Waals surface area contributed by atoms with Crippen LogP contribution in [0, 0.1) is 30.1 Å². The zero-order valence-corrected chi connectivity index (χ0v) is 20.2. The van der Waals surface area contributed by atoms with E-state index >= 15 is 0 Å². The molecule has 1 aromatic carbocycles. The SMILES string of the molecule is CCOC(=O)C(F)(F)CC1CN(S(=O)(=O)c2ccc(C)cc2)CC1(C)C#CCCI. The summed E-state index contributed by atoms with van der Waals surface area (Å²) in [5.41, 5.74) is -0.0868. The molecule has 0 spiro atoms. The fraction of sp³-hybridized carbons (Fsp3) is 0.571. The summed E-state index contributed by atoms with van der Waals surface area (Å²) in [7, 11) is -3.87. The van der Waals surface area contributed by atoms with Crippen molar-refractivity contribution in [2.75, 3.05) is 24.1 Å². The van der Waals surface area contributed by atoms with Crippen LogP contribution in [-0.2, 0) is 19.6 Å². The summed E-state index contributed by atoms with van der Waals surface area (Å²) in [6.45, 7) is 4.68. The average molecular weight is 553 g/mol. The van der Waals surface area contributed by atoms with E-state index in [9.17, 15) is 22.0 Å². The van der Waals surface area contributed by atoms with Gasteiger partial charge in [-0.1, -0.05) is 46.2 Å². The van der Waals surface area contributed by atoms with Crippen LogP contribution in [0.15, 0.2) is 29.2 Å². The number of benzene rings is 1. The summed E-state index contributed by atoms with van der Waals surface area (Å²) in [5.74, 6) is -0.137. The fourth-order valence-corrected chi connectivity index (χ4v) is 5.28. The lowest BCUT2D eigenvalue weighted by Gasteiger charge is -2.27. The van der Waals surface area contributed by atoms with Crippen molar-refractivity contribution < 1.29 is 26.7 Å². The molecule has 5 nitrogen and oxygen atoms in total. The summed E-state index contributed by atoms with van der Waals surface area (Å²) < 4.78 is 61.7. The summed E-state index contributed by atoms with van der Waals surface area (Å²) in [5, 5.41) is 0. The molecule has 166 valence electrons. The minimum absolute atomic E-state index is 0.0129. The van der Waals surface area contributed by atoms with Crippen LogP contribution in [0.4, 0.5) is 8.78 Å². The molecule has 9 heteroatoms. The van der Waals surface area contributed by atoms with Gasteiger partial charge in [0, 0.05) is 35.8 Å². The number of esters is 1. The number of rotatable bonds is 7. The molecule has 1 aliphatic heterocycles. The molecule has 0 radical (unpaired) electrons. The molecule has 0 N–H and O–H groups in total. The van der Waals surface area contributed by atoms with Crippen LogP contribution in [0.5, 0.6) is 0 Å². The number of aryl methyl sites for hydroxylation is 1. The highest BCUT2D eigenvalue weighted by molar-refractivity contribution is 14.1. The van der Waals surface area contributed by atoms with E-state index < -0.39 is 39.7 Å². The molecular weight excluding hydrogens is 527 g/mol. The standard InChI is InChI=1S/C21H26F2INO4S/c1-4-29-19(26)21(22,23)13-17-14-25(15-20(17,3)11-5-6-12-24)30(27,28)18-9-7-16(2)8-10-18/h7-10,17H,4,6,12-15H2,1-3H3. The van der Waals surface area contributed by atoms with Gasteiger partial charge in [-0.2, -0.15) is 13.1 Å². The molecule has 2 atom stereocenters. The van der Waals surface area contributed by atoms with Gasteiger partial charge in [-0.15, -0.1) is 5.92 Å². The van der Waals surface area contributed by atoms with Gasteiger partial charge in [0.25, 0.3) is 0 Å². The van der Waals surface area contributed by atoms with Crippen LogP contribution in [0.25, 0.3) is 0 Å². The maximum absolute atomic E-state index is 14.5. The number of halogens is 3. The van der Waals surface area contributed by atoms with Gasteiger partial charge in [0.1, 0.15) is 0 Å². The first-order valence-electron chi connectivity index (χ1n) is 9.64. The topological polar surface area (TPSA) is 63.7 Å². The molecule has 1 aromatic rings. The van der Waals surface area contributed by atoms with Gasteiger partial charge in [-0.25, -0.2) is 13.2 Å². The molecule has 0 aromatic heterocycles. The number of sulfonamides is 1. The van der Waals surface area contributed by atoms with Crippen molar-refractivity contribution in [2.45, 2.75) is 44.4 Å². The summed E-state index contributed by atoms with van der Waals surface area (Å²) >= 11 is 2.16. The number of carbonyl (C=O) groups is 1. The Labute approximate surface area is 190 Å². The van der Waals surface area contributed by atoms with Crippen molar-refractivity contribution in [3.05, 3.63) is 29.8 Å². The van der Waals surface area contributed by atoms with Crippen LogP contribution in [0.3, 0.4) is 0 Å². The minimum atomic E-state index is -3.87. The third kappa shape index (κ3) is 5.71. The van der Waals surface area contributed by atoms with Crippen molar-refractivity contribution in [2.24, 2.45) is 11.3 Å². The Morgan fingerprint density at radius 1 is 1.37 bits per heavy atom. The number of hydrogen-bond donors (Lipinski definition) is 0. The predicted molar refractivity (Wildman–Crippen MR) is 119 cm³/mol. The monoisotopic (exact) mass is 553 g/mol. The fourth-order valence-electron chi connectivity index (χ4n) is 3.42. The van der Waals surface area contributed by atoms with Gasteiger partial charge in [0.2, 0.25) is 10.0 Å². The van der Waals surface area contributed by atoms with Gasteiger partial charge in [0.15, 0.2) is 0 Å². The minimum Gasteiger partial charge on any atom is -0.462 e. The molecule has 1 heterocycles. The maximum atomic E-state index is 14.5. The first kappa shape index (κ1) is 25.0. The molecule has 1 fully saturated rings. The third-order valence-electron chi connectivity index (χ3n) is 5.16. The van der Waals surface area contributed by atoms with Crippen LogP contribution in [0.2, 0.25) is 0 Å². The van der Waals surface area contributed by atoms with E-state index in [2.05, 4.69) is 39.2 Å². The Bertz CT molecular complexity index is 925. The molecule has 0 aliphatic carbocycles. The van der Waals surface area contributed by atoms with Gasteiger partial charge >= 0.3 is 11.9 Å². The quantitative estimate of drug-likeness (QED) is 0.222. The van der Waals surface area contributed by atoms with E-state index in [1.165, 1.54) is 23.4 Å². The maximum Gasteiger partial charge on any atom is 0.376 e. The van der Waals surface area contributed by atoms with Crippen molar-refractivity contribution in [3.8, 4) is 11.8 Å². The summed E-state index contributed by atoms with van der Waals surface area (Å²) in [6.07, 6.45) is -0.247. The molecule has 1 aliphatic rings. The smallest absolute Gasteiger partial charge is 0.376 e. The first-order valence-corrected chi connectivity index (χ1v) is 12.6. The highest BCUT2D eigenvalue weighted by atomic mass is 127. The van der Waals surface area contributed by atoms with Crippen molar-refractivity contribution >= 4 is 38.6 Å². The van der Waals surface area contributed by atoms with Crippen LogP contribution in [0.1, 0.15) is 32.3 Å². The third-order valence-corrected chi connectivity index (χ3v) is 7.52. The van der Waals surface area contributed by atoms with Crippen LogP contribution in [-0.4, -0.2) is 48.7 Å². The predicted octanol–water partition coefficient (Wildman–Crippen LogP) is 4.04. The molecule has 1 saturated heterocycles. The second kappa shape index (κ2) is 9.92. The number of hydrogen-bond acceptors (Lipinski definition) is 4. The molecule has 2 rings (SSSR count). The Morgan fingerprint density at radius 2 is 2.00 bits per heavy atom. The highest BCUT2D eigenvalue weighted by Gasteiger charge is 2.53. The number of alkyl halides is 3. The lowest BCUT2D eigenvalue weighted by molar-refractivity contribution is -0.174. The zero-order valence-electron chi connectivity index (χ0n) is 17.3. The zero-order chi connectivity index (χ0) is 22.6. The number of nitrogens with zero attached hydrogens (tertiary/aromatic N) is 1. The molecule has 2 unspecified atom stereocenters. The van der Waals surface area contributed by atoms with Gasteiger partial charge in [-0.05, 0) is 38.8 Å². The summed E-state index contributed by atoms with van der Waals surface area (Å²) in [6, 6.07) is 6.39. The number of carbonyl (C=O) groups excluding carboxylic acids is 1. The Hall–Kier alpha value is -1.25. The van der Waals surface area contributed by atoms with E-state index in [0.717, 1.165) is 9.99 Å². The van der Waals surface area contributed by atoms with E-state index in [4.69, 9.17) is 0 Å². The van der Waals surface area contributed by atoms with E-state index in [1.807, 2.05) is 6.92 Å². The van der Waals surface area contributed by atoms with E-state index in [0.29, 0.717) is 6.42 Å². The first-order chi connectivity index (χ1) is 14.0. The highest BCUT2D eigenvalue weighted by Crippen LogP contribution is 2.43. The second-order valence-corrected chi connectivity index (χ2v) is 10.6. The van der Waals surface area contributed by atoms with Crippen molar-refractivity contribution in [1.82, 2.24) is 4.31 Å². The molecule has 0 amide bonds. The van der Waals surface area contributed by atoms with E-state index in [-0.39, 0.29) is 24.6 Å². The molecular formula is C21H26F2INO4S. The summed E-state index contributed by atoms with van der Waals surface area (Å²) in [4.78, 5) is 11.8. The second-order valence-electron chi connectivity index (χ2n) is 7.59. The Kier molecular flexibility index (Phi) is 8.27. The van der Waals surface area contributed by atoms with Gasteiger partial charge < -0.3 is 4.74 Å². The van der Waals surface area contributed by atoms with Crippen molar-refractivity contribution in [1.29, 1.82) is 0 Å².